The Hall–Kier alpha value is -0.750. The van der Waals surface area contributed by atoms with Gasteiger partial charge in [-0.3, -0.25) is 0 Å². The Morgan fingerprint density at radius 2 is 2.50 bits per heavy atom. The number of hydrogen-bond acceptors (Lipinski definition) is 4. The van der Waals surface area contributed by atoms with Gasteiger partial charge in [-0.1, -0.05) is 4.49 Å². The van der Waals surface area contributed by atoms with Gasteiger partial charge in [0.1, 0.15) is 0 Å². The fourth-order valence-corrected chi connectivity index (χ4v) is 1.30. The summed E-state index contributed by atoms with van der Waals surface area (Å²) in [5.74, 6) is 0. The number of aromatic nitrogens is 2. The molecule has 0 aromatic carbocycles. The van der Waals surface area contributed by atoms with Crippen molar-refractivity contribution in [2.75, 3.05) is 6.54 Å². The predicted octanol–water partition coefficient (Wildman–Crippen LogP) is 0.522. The van der Waals surface area contributed by atoms with E-state index in [1.807, 2.05) is 6.92 Å². The molecule has 2 N–H and O–H groups in total. The van der Waals surface area contributed by atoms with Crippen molar-refractivity contribution in [1.82, 2.24) is 20.2 Å². The van der Waals surface area contributed by atoms with Gasteiger partial charge in [-0.2, -0.15) is 0 Å². The molecule has 6 heteroatoms. The van der Waals surface area contributed by atoms with Gasteiger partial charge in [0, 0.05) is 6.54 Å². The molecule has 0 aliphatic carbocycles. The summed E-state index contributed by atoms with van der Waals surface area (Å²) in [7, 11) is 0. The van der Waals surface area contributed by atoms with Crippen molar-refractivity contribution in [2.45, 2.75) is 13.5 Å². The van der Waals surface area contributed by atoms with Gasteiger partial charge in [-0.05, 0) is 30.7 Å². The third-order valence-corrected chi connectivity index (χ3v) is 2.12. The molecule has 0 radical (unpaired) electrons. The molecule has 0 atom stereocenters. The minimum atomic E-state index is 0.672. The SMILES string of the molecule is CCNC(=S)NCc1cnns1. The Kier molecular flexibility index (Phi) is 3.89. The second kappa shape index (κ2) is 5.00. The summed E-state index contributed by atoms with van der Waals surface area (Å²) in [5, 5.41) is 10.4. The fraction of sp³-hybridized carbons (Fsp3) is 0.500. The van der Waals surface area contributed by atoms with E-state index in [1.165, 1.54) is 11.5 Å². The molecule has 1 heterocycles. The van der Waals surface area contributed by atoms with Crippen LogP contribution in [0.25, 0.3) is 0 Å². The highest BCUT2D eigenvalue weighted by molar-refractivity contribution is 7.80. The van der Waals surface area contributed by atoms with Crippen molar-refractivity contribution >= 4 is 28.9 Å². The Morgan fingerprint density at radius 3 is 3.08 bits per heavy atom. The third-order valence-electron chi connectivity index (χ3n) is 1.17. The number of thiocarbonyl (C=S) groups is 1. The van der Waals surface area contributed by atoms with Crippen LogP contribution in [0.1, 0.15) is 11.8 Å². The molecular weight excluding hydrogens is 192 g/mol. The van der Waals surface area contributed by atoms with E-state index in [0.29, 0.717) is 11.7 Å². The van der Waals surface area contributed by atoms with Crippen molar-refractivity contribution in [3.8, 4) is 0 Å². The number of nitrogens with one attached hydrogen (secondary N) is 2. The van der Waals surface area contributed by atoms with Crippen molar-refractivity contribution in [1.29, 1.82) is 0 Å². The maximum absolute atomic E-state index is 4.97. The highest BCUT2D eigenvalue weighted by Crippen LogP contribution is 1.99. The summed E-state index contributed by atoms with van der Waals surface area (Å²) in [6.07, 6.45) is 1.73. The maximum atomic E-state index is 4.97. The van der Waals surface area contributed by atoms with Gasteiger partial charge >= 0.3 is 0 Å². The zero-order valence-electron chi connectivity index (χ0n) is 6.70. The molecule has 0 bridgehead atoms. The van der Waals surface area contributed by atoms with E-state index in [9.17, 15) is 0 Å². The molecule has 1 aromatic heterocycles. The molecule has 0 saturated carbocycles. The van der Waals surface area contributed by atoms with Crippen LogP contribution in [0.15, 0.2) is 6.20 Å². The zero-order valence-corrected chi connectivity index (χ0v) is 8.34. The lowest BCUT2D eigenvalue weighted by atomic mass is 10.5. The van der Waals surface area contributed by atoms with Crippen LogP contribution in [0.2, 0.25) is 0 Å². The number of hydrogen-bond donors (Lipinski definition) is 2. The highest BCUT2D eigenvalue weighted by Gasteiger charge is 1.96. The Bertz CT molecular complexity index is 234. The van der Waals surface area contributed by atoms with E-state index in [2.05, 4.69) is 20.2 Å². The average molecular weight is 202 g/mol. The molecule has 0 amide bonds. The molecular formula is C6H10N4S2. The molecule has 1 rings (SSSR count). The van der Waals surface area contributed by atoms with E-state index < -0.39 is 0 Å². The van der Waals surface area contributed by atoms with Crippen LogP contribution in [0.5, 0.6) is 0 Å². The Labute approximate surface area is 80.5 Å². The summed E-state index contributed by atoms with van der Waals surface area (Å²) in [6.45, 7) is 3.54. The quantitative estimate of drug-likeness (QED) is 0.700. The van der Waals surface area contributed by atoms with Crippen molar-refractivity contribution in [3.63, 3.8) is 0 Å². The topological polar surface area (TPSA) is 49.8 Å². The summed E-state index contributed by atoms with van der Waals surface area (Å²) in [5.41, 5.74) is 0. The van der Waals surface area contributed by atoms with Crippen LogP contribution < -0.4 is 10.6 Å². The first-order valence-corrected chi connectivity index (χ1v) is 4.79. The van der Waals surface area contributed by atoms with Gasteiger partial charge in [-0.25, -0.2) is 0 Å². The lowest BCUT2D eigenvalue weighted by Crippen LogP contribution is -2.34. The lowest BCUT2D eigenvalue weighted by Gasteiger charge is -2.05. The minimum Gasteiger partial charge on any atom is -0.363 e. The van der Waals surface area contributed by atoms with Crippen LogP contribution in [0.4, 0.5) is 0 Å². The second-order valence-corrected chi connectivity index (χ2v) is 3.38. The van der Waals surface area contributed by atoms with Gasteiger partial charge in [0.05, 0.1) is 17.6 Å². The summed E-state index contributed by atoms with van der Waals surface area (Å²) >= 11 is 6.34. The first-order valence-electron chi connectivity index (χ1n) is 3.61. The summed E-state index contributed by atoms with van der Waals surface area (Å²) < 4.78 is 3.73. The van der Waals surface area contributed by atoms with E-state index in [-0.39, 0.29) is 0 Å². The molecule has 4 nitrogen and oxygen atoms in total. The third kappa shape index (κ3) is 3.10. The summed E-state index contributed by atoms with van der Waals surface area (Å²) in [6, 6.07) is 0. The maximum Gasteiger partial charge on any atom is 0.166 e. The molecule has 0 fully saturated rings. The monoisotopic (exact) mass is 202 g/mol. The Morgan fingerprint density at radius 1 is 1.67 bits per heavy atom. The standard InChI is InChI=1S/C6H10N4S2/c1-2-7-6(11)8-3-5-4-9-10-12-5/h4H,2-3H2,1H3,(H2,7,8,11). The molecule has 0 saturated heterocycles. The van der Waals surface area contributed by atoms with Gasteiger partial charge in [-0.15, -0.1) is 5.10 Å². The Balaban J connectivity index is 2.22. The molecule has 0 spiro atoms. The first kappa shape index (κ1) is 9.34. The molecule has 0 unspecified atom stereocenters. The van der Waals surface area contributed by atoms with E-state index in [4.69, 9.17) is 12.2 Å². The number of nitrogens with zero attached hydrogens (tertiary/aromatic N) is 2. The molecule has 1 aromatic rings. The van der Waals surface area contributed by atoms with Crippen LogP contribution in [0, 0.1) is 0 Å². The van der Waals surface area contributed by atoms with Gasteiger partial charge in [0.15, 0.2) is 5.11 Å². The fourth-order valence-electron chi connectivity index (χ4n) is 0.656. The smallest absolute Gasteiger partial charge is 0.166 e. The predicted molar refractivity (Wildman–Crippen MR) is 53.0 cm³/mol. The molecule has 0 aliphatic heterocycles. The van der Waals surface area contributed by atoms with Gasteiger partial charge in [0.25, 0.3) is 0 Å². The van der Waals surface area contributed by atoms with Crippen LogP contribution >= 0.6 is 23.8 Å². The van der Waals surface area contributed by atoms with E-state index in [1.54, 1.807) is 6.20 Å². The normalized spacial score (nSPS) is 9.42. The lowest BCUT2D eigenvalue weighted by molar-refractivity contribution is 0.862. The first-order chi connectivity index (χ1) is 5.83. The molecule has 66 valence electrons. The molecule has 0 aliphatic rings. The minimum absolute atomic E-state index is 0.672. The second-order valence-electron chi connectivity index (χ2n) is 2.10. The largest absolute Gasteiger partial charge is 0.363 e. The van der Waals surface area contributed by atoms with E-state index >= 15 is 0 Å². The van der Waals surface area contributed by atoms with Crippen molar-refractivity contribution in [3.05, 3.63) is 11.1 Å². The summed E-state index contributed by atoms with van der Waals surface area (Å²) in [4.78, 5) is 1.08. The molecule has 12 heavy (non-hydrogen) atoms. The van der Waals surface area contributed by atoms with Crippen LogP contribution in [0.3, 0.4) is 0 Å². The van der Waals surface area contributed by atoms with Gasteiger partial charge < -0.3 is 10.6 Å². The number of rotatable bonds is 3. The van der Waals surface area contributed by atoms with Crippen molar-refractivity contribution in [2.24, 2.45) is 0 Å². The average Bonchev–Trinajstić information content (AvgIpc) is 2.53. The highest BCUT2D eigenvalue weighted by atomic mass is 32.1. The van der Waals surface area contributed by atoms with Crippen molar-refractivity contribution < 1.29 is 0 Å². The van der Waals surface area contributed by atoms with Gasteiger partial charge in [0.2, 0.25) is 0 Å². The van der Waals surface area contributed by atoms with E-state index in [0.717, 1.165) is 11.4 Å². The van der Waals surface area contributed by atoms with Crippen LogP contribution in [-0.4, -0.2) is 21.2 Å². The van der Waals surface area contributed by atoms with Crippen LogP contribution in [-0.2, 0) is 6.54 Å². The zero-order chi connectivity index (χ0) is 8.81.